The number of pyridine rings is 1. The zero-order valence-electron chi connectivity index (χ0n) is 9.05. The van der Waals surface area contributed by atoms with Crippen molar-refractivity contribution >= 4 is 11.7 Å². The van der Waals surface area contributed by atoms with Gasteiger partial charge in [-0.25, -0.2) is 15.1 Å². The summed E-state index contributed by atoms with van der Waals surface area (Å²) >= 11 is 0. The van der Waals surface area contributed by atoms with E-state index in [0.717, 1.165) is 24.2 Å². The van der Waals surface area contributed by atoms with Crippen LogP contribution in [0.25, 0.3) is 0 Å². The Labute approximate surface area is 89.9 Å². The minimum Gasteiger partial charge on any atom is -0.247 e. The summed E-state index contributed by atoms with van der Waals surface area (Å²) in [6, 6.07) is 3.89. The molecule has 3 heteroatoms. The number of rotatable bonds is 2. The van der Waals surface area contributed by atoms with E-state index in [0.29, 0.717) is 0 Å². The van der Waals surface area contributed by atoms with Gasteiger partial charge in [-0.3, -0.25) is 0 Å². The highest BCUT2D eigenvalue weighted by molar-refractivity contribution is 5.91. The van der Waals surface area contributed by atoms with Crippen LogP contribution in [0.3, 0.4) is 0 Å². The number of anilines is 1. The molecule has 2 rings (SSSR count). The fourth-order valence-corrected chi connectivity index (χ4v) is 2.00. The lowest BCUT2D eigenvalue weighted by molar-refractivity contribution is -0.361. The number of hydrogen-bond donors (Lipinski definition) is 1. The second-order valence-electron chi connectivity index (χ2n) is 4.25. The molecule has 80 valence electrons. The lowest BCUT2D eigenvalue weighted by Gasteiger charge is -2.03. The van der Waals surface area contributed by atoms with Crippen LogP contribution in [0.2, 0.25) is 0 Å². The summed E-state index contributed by atoms with van der Waals surface area (Å²) in [5.41, 5.74) is 1.16. The van der Waals surface area contributed by atoms with E-state index >= 15 is 0 Å². The fourth-order valence-electron chi connectivity index (χ4n) is 2.00. The Balaban J connectivity index is 1.96. The molecule has 0 radical (unpaired) electrons. The average Bonchev–Trinajstić information content (AvgIpc) is 2.74. The first-order valence-electron chi connectivity index (χ1n) is 5.55. The molecule has 3 nitrogen and oxygen atoms in total. The number of carbonyl (C=O) groups excluding carboxylic acids is 1. The second kappa shape index (κ2) is 4.43. The molecule has 0 saturated heterocycles. The molecule has 1 amide bonds. The van der Waals surface area contributed by atoms with Gasteiger partial charge in [0, 0.05) is 6.07 Å². The van der Waals surface area contributed by atoms with E-state index in [1.54, 1.807) is 0 Å². The van der Waals surface area contributed by atoms with Crippen molar-refractivity contribution in [2.45, 2.75) is 32.6 Å². The zero-order valence-corrected chi connectivity index (χ0v) is 9.05. The van der Waals surface area contributed by atoms with Gasteiger partial charge in [-0.05, 0) is 31.4 Å². The van der Waals surface area contributed by atoms with Gasteiger partial charge in [0.05, 0.1) is 12.1 Å². The SMILES string of the molecule is Cc1ccc(NC(=O)C2CCCC2)[nH+]c1. The maximum atomic E-state index is 11.8. The highest BCUT2D eigenvalue weighted by Gasteiger charge is 2.26. The first-order chi connectivity index (χ1) is 7.25. The average molecular weight is 205 g/mol. The third-order valence-electron chi connectivity index (χ3n) is 2.95. The number of H-pyrrole nitrogens is 1. The topological polar surface area (TPSA) is 43.2 Å². The van der Waals surface area contributed by atoms with Gasteiger partial charge in [0.15, 0.2) is 0 Å². The largest absolute Gasteiger partial charge is 0.310 e. The number of aryl methyl sites for hydroxylation is 1. The standard InChI is InChI=1S/C12H16N2O/c1-9-6-7-11(13-8-9)14-12(15)10-4-2-3-5-10/h6-8,10H,2-5H2,1H3,(H,13,14,15)/p+1. The van der Waals surface area contributed by atoms with E-state index in [2.05, 4.69) is 10.3 Å². The molecule has 1 aromatic rings. The monoisotopic (exact) mass is 205 g/mol. The summed E-state index contributed by atoms with van der Waals surface area (Å²) in [7, 11) is 0. The van der Waals surface area contributed by atoms with E-state index in [4.69, 9.17) is 0 Å². The molecule has 2 N–H and O–H groups in total. The van der Waals surface area contributed by atoms with Crippen molar-refractivity contribution in [2.75, 3.05) is 5.32 Å². The van der Waals surface area contributed by atoms with Crippen LogP contribution < -0.4 is 10.3 Å². The van der Waals surface area contributed by atoms with Gasteiger partial charge in [0.2, 0.25) is 0 Å². The Bertz CT molecular complexity index is 339. The molecule has 0 aromatic carbocycles. The first kappa shape index (κ1) is 10.1. The van der Waals surface area contributed by atoms with Gasteiger partial charge in [-0.2, -0.15) is 0 Å². The van der Waals surface area contributed by atoms with Gasteiger partial charge >= 0.3 is 5.91 Å². The van der Waals surface area contributed by atoms with Crippen molar-refractivity contribution in [3.05, 3.63) is 23.9 Å². The second-order valence-corrected chi connectivity index (χ2v) is 4.25. The molecule has 0 atom stereocenters. The molecule has 0 aliphatic heterocycles. The first-order valence-corrected chi connectivity index (χ1v) is 5.55. The van der Waals surface area contributed by atoms with E-state index in [1.807, 2.05) is 25.3 Å². The molecule has 1 heterocycles. The number of nitrogens with one attached hydrogen (secondary N) is 2. The van der Waals surface area contributed by atoms with E-state index < -0.39 is 0 Å². The number of amides is 1. The normalized spacial score (nSPS) is 16.6. The fraction of sp³-hybridized carbons (Fsp3) is 0.500. The van der Waals surface area contributed by atoms with Gasteiger partial charge in [0.1, 0.15) is 0 Å². The van der Waals surface area contributed by atoms with Crippen LogP contribution in [-0.4, -0.2) is 5.91 Å². The Morgan fingerprint density at radius 3 is 2.73 bits per heavy atom. The van der Waals surface area contributed by atoms with Crippen molar-refractivity contribution in [1.82, 2.24) is 0 Å². The van der Waals surface area contributed by atoms with E-state index in [9.17, 15) is 4.79 Å². The van der Waals surface area contributed by atoms with Crippen LogP contribution in [0, 0.1) is 12.8 Å². The molecular formula is C12H17N2O+. The zero-order chi connectivity index (χ0) is 10.7. The van der Waals surface area contributed by atoms with Crippen LogP contribution in [0.5, 0.6) is 0 Å². The van der Waals surface area contributed by atoms with Crippen molar-refractivity contribution in [3.63, 3.8) is 0 Å². The summed E-state index contributed by atoms with van der Waals surface area (Å²) in [6.45, 7) is 2.01. The molecule has 1 fully saturated rings. The molecule has 0 bridgehead atoms. The maximum Gasteiger partial charge on any atom is 0.310 e. The quantitative estimate of drug-likeness (QED) is 0.787. The van der Waals surface area contributed by atoms with Gasteiger partial charge < -0.3 is 0 Å². The third-order valence-corrected chi connectivity index (χ3v) is 2.95. The van der Waals surface area contributed by atoms with Crippen LogP contribution in [-0.2, 0) is 4.79 Å². The number of aromatic nitrogens is 1. The van der Waals surface area contributed by atoms with Crippen LogP contribution in [0.1, 0.15) is 31.2 Å². The lowest BCUT2D eigenvalue weighted by atomic mass is 10.1. The lowest BCUT2D eigenvalue weighted by Crippen LogP contribution is -2.24. The van der Waals surface area contributed by atoms with Crippen molar-refractivity contribution in [2.24, 2.45) is 5.92 Å². The Kier molecular flexibility index (Phi) is 2.99. The molecule has 0 unspecified atom stereocenters. The highest BCUT2D eigenvalue weighted by Crippen LogP contribution is 2.25. The van der Waals surface area contributed by atoms with Gasteiger partial charge in [-0.15, -0.1) is 0 Å². The van der Waals surface area contributed by atoms with E-state index in [1.165, 1.54) is 12.8 Å². The predicted octanol–water partition coefficient (Wildman–Crippen LogP) is 1.94. The predicted molar refractivity (Wildman–Crippen MR) is 58.3 cm³/mol. The summed E-state index contributed by atoms with van der Waals surface area (Å²) in [5, 5.41) is 2.92. The Morgan fingerprint density at radius 1 is 1.40 bits per heavy atom. The molecule has 1 aromatic heterocycles. The Morgan fingerprint density at radius 2 is 2.13 bits per heavy atom. The maximum absolute atomic E-state index is 11.8. The summed E-state index contributed by atoms with van der Waals surface area (Å²) in [6.07, 6.45) is 6.35. The van der Waals surface area contributed by atoms with Gasteiger partial charge in [0.25, 0.3) is 5.82 Å². The van der Waals surface area contributed by atoms with E-state index in [-0.39, 0.29) is 11.8 Å². The smallest absolute Gasteiger partial charge is 0.247 e. The van der Waals surface area contributed by atoms with Crippen LogP contribution in [0.4, 0.5) is 5.82 Å². The number of hydrogen-bond acceptors (Lipinski definition) is 1. The molecule has 1 saturated carbocycles. The molecular weight excluding hydrogens is 188 g/mol. The summed E-state index contributed by atoms with van der Waals surface area (Å²) < 4.78 is 0. The Hall–Kier alpha value is -1.38. The van der Waals surface area contributed by atoms with Gasteiger partial charge in [-0.1, -0.05) is 12.8 Å². The number of carbonyl (C=O) groups is 1. The van der Waals surface area contributed by atoms with Crippen molar-refractivity contribution in [1.29, 1.82) is 0 Å². The van der Waals surface area contributed by atoms with Crippen molar-refractivity contribution < 1.29 is 9.78 Å². The summed E-state index contributed by atoms with van der Waals surface area (Å²) in [5.74, 6) is 1.17. The molecule has 1 aliphatic carbocycles. The number of aromatic amines is 1. The van der Waals surface area contributed by atoms with Crippen LogP contribution in [0.15, 0.2) is 18.3 Å². The van der Waals surface area contributed by atoms with Crippen LogP contribution >= 0.6 is 0 Å². The molecule has 0 spiro atoms. The van der Waals surface area contributed by atoms with Crippen molar-refractivity contribution in [3.8, 4) is 0 Å². The summed E-state index contributed by atoms with van der Waals surface area (Å²) in [4.78, 5) is 14.8. The minimum atomic E-state index is 0.160. The molecule has 15 heavy (non-hydrogen) atoms. The highest BCUT2D eigenvalue weighted by atomic mass is 16.1. The third kappa shape index (κ3) is 2.55. The minimum absolute atomic E-state index is 0.160. The molecule has 1 aliphatic rings.